The molecule has 3 rings (SSSR count). The van der Waals surface area contributed by atoms with Crippen LogP contribution < -0.4 is 9.64 Å². The molecular weight excluding hydrogens is 364 g/mol. The number of rotatable bonds is 5. The lowest BCUT2D eigenvalue weighted by Crippen LogP contribution is -2.49. The Bertz CT molecular complexity index is 810. The summed E-state index contributed by atoms with van der Waals surface area (Å²) in [6.07, 6.45) is 0. The number of aromatic nitrogens is 2. The summed E-state index contributed by atoms with van der Waals surface area (Å²) in [4.78, 5) is 17.2. The smallest absolute Gasteiger partial charge is 0.259 e. The highest BCUT2D eigenvalue weighted by Gasteiger charge is 2.28. The monoisotopic (exact) mass is 390 g/mol. The van der Waals surface area contributed by atoms with Crippen LogP contribution in [-0.2, 0) is 6.54 Å². The highest BCUT2D eigenvalue weighted by molar-refractivity contribution is 6.33. The first-order valence-electron chi connectivity index (χ1n) is 9.32. The van der Waals surface area contributed by atoms with Crippen molar-refractivity contribution in [3.63, 3.8) is 0 Å². The number of aryl methyl sites for hydroxylation is 1. The second-order valence-corrected chi connectivity index (χ2v) is 7.64. The Labute approximate surface area is 165 Å². The molecule has 1 aliphatic heterocycles. The van der Waals surface area contributed by atoms with Crippen molar-refractivity contribution in [2.75, 3.05) is 38.2 Å². The molecule has 0 N–H and O–H groups in total. The standard InChI is InChI=1S/C20H27ClN4O2/c1-14(2)13-25-19(21)18(15(3)22-25)20(26)24-11-9-23(10-12-24)16-7-5-6-8-17(16)27-4/h5-8,14H,9-13H2,1-4H3. The third kappa shape index (κ3) is 4.05. The summed E-state index contributed by atoms with van der Waals surface area (Å²) in [5, 5.41) is 4.90. The molecule has 1 saturated heterocycles. The van der Waals surface area contributed by atoms with Crippen LogP contribution in [0.5, 0.6) is 5.75 Å². The van der Waals surface area contributed by atoms with E-state index in [2.05, 4.69) is 23.8 Å². The highest BCUT2D eigenvalue weighted by Crippen LogP contribution is 2.29. The van der Waals surface area contributed by atoms with E-state index >= 15 is 0 Å². The molecule has 0 bridgehead atoms. The van der Waals surface area contributed by atoms with E-state index in [1.54, 1.807) is 11.8 Å². The average molecular weight is 391 g/mol. The number of carbonyl (C=O) groups is 1. The largest absolute Gasteiger partial charge is 0.495 e. The molecule has 1 aromatic heterocycles. The van der Waals surface area contributed by atoms with Crippen LogP contribution in [0.1, 0.15) is 29.9 Å². The maximum absolute atomic E-state index is 13.1. The van der Waals surface area contributed by atoms with Crippen LogP contribution in [0.4, 0.5) is 5.69 Å². The van der Waals surface area contributed by atoms with Gasteiger partial charge in [0.1, 0.15) is 10.9 Å². The highest BCUT2D eigenvalue weighted by atomic mass is 35.5. The lowest BCUT2D eigenvalue weighted by Gasteiger charge is -2.36. The van der Waals surface area contributed by atoms with E-state index in [4.69, 9.17) is 16.3 Å². The number of methoxy groups -OCH3 is 1. The molecule has 0 spiro atoms. The number of amides is 1. The molecule has 1 aromatic carbocycles. The Morgan fingerprint density at radius 3 is 2.52 bits per heavy atom. The van der Waals surface area contributed by atoms with Crippen molar-refractivity contribution in [1.29, 1.82) is 0 Å². The molecule has 0 saturated carbocycles. The second-order valence-electron chi connectivity index (χ2n) is 7.28. The quantitative estimate of drug-likeness (QED) is 0.784. The zero-order chi connectivity index (χ0) is 19.6. The Hall–Kier alpha value is -2.21. The molecule has 0 aliphatic carbocycles. The van der Waals surface area contributed by atoms with Gasteiger partial charge in [-0.3, -0.25) is 9.48 Å². The minimum Gasteiger partial charge on any atom is -0.495 e. The van der Waals surface area contributed by atoms with Gasteiger partial charge in [0.2, 0.25) is 0 Å². The predicted octanol–water partition coefficient (Wildman–Crippen LogP) is 3.47. The van der Waals surface area contributed by atoms with Crippen LogP contribution in [0, 0.1) is 12.8 Å². The first-order chi connectivity index (χ1) is 12.9. The van der Waals surface area contributed by atoms with Crippen molar-refractivity contribution in [2.45, 2.75) is 27.3 Å². The Kier molecular flexibility index (Phi) is 5.95. The molecule has 27 heavy (non-hydrogen) atoms. The number of benzene rings is 1. The van der Waals surface area contributed by atoms with E-state index in [1.165, 1.54) is 0 Å². The van der Waals surface area contributed by atoms with E-state index in [0.717, 1.165) is 24.5 Å². The number of nitrogens with zero attached hydrogens (tertiary/aromatic N) is 4. The van der Waals surface area contributed by atoms with Crippen LogP contribution in [-0.4, -0.2) is 53.9 Å². The second kappa shape index (κ2) is 8.21. The zero-order valence-corrected chi connectivity index (χ0v) is 17.2. The minimum atomic E-state index is -0.0350. The molecule has 0 atom stereocenters. The third-order valence-corrected chi connectivity index (χ3v) is 5.19. The fourth-order valence-corrected chi connectivity index (χ4v) is 3.79. The molecular formula is C20H27ClN4O2. The van der Waals surface area contributed by atoms with Gasteiger partial charge < -0.3 is 14.5 Å². The number of para-hydroxylation sites is 2. The normalized spacial score (nSPS) is 14.7. The summed E-state index contributed by atoms with van der Waals surface area (Å²) >= 11 is 6.48. The lowest BCUT2D eigenvalue weighted by molar-refractivity contribution is 0.0746. The molecule has 6 nitrogen and oxygen atoms in total. The number of ether oxygens (including phenoxy) is 1. The summed E-state index contributed by atoms with van der Waals surface area (Å²) in [5.74, 6) is 1.23. The SMILES string of the molecule is COc1ccccc1N1CCN(C(=O)c2c(C)nn(CC(C)C)c2Cl)CC1. The first-order valence-corrected chi connectivity index (χ1v) is 9.70. The molecule has 1 aliphatic rings. The van der Waals surface area contributed by atoms with Gasteiger partial charge in [-0.15, -0.1) is 0 Å². The number of carbonyl (C=O) groups excluding carboxylic acids is 1. The summed E-state index contributed by atoms with van der Waals surface area (Å²) in [6.45, 7) is 9.54. The average Bonchev–Trinajstić information content (AvgIpc) is 2.94. The topological polar surface area (TPSA) is 50.6 Å². The van der Waals surface area contributed by atoms with Crippen molar-refractivity contribution in [1.82, 2.24) is 14.7 Å². The molecule has 1 fully saturated rings. The third-order valence-electron chi connectivity index (χ3n) is 4.81. The van der Waals surface area contributed by atoms with Gasteiger partial charge in [0.25, 0.3) is 5.91 Å². The van der Waals surface area contributed by atoms with Gasteiger partial charge in [-0.25, -0.2) is 0 Å². The molecule has 146 valence electrons. The fourth-order valence-electron chi connectivity index (χ4n) is 3.46. The first kappa shape index (κ1) is 19.5. The van der Waals surface area contributed by atoms with Gasteiger partial charge in [0.05, 0.1) is 24.1 Å². The van der Waals surface area contributed by atoms with Crippen molar-refractivity contribution < 1.29 is 9.53 Å². The number of halogens is 1. The van der Waals surface area contributed by atoms with Crippen molar-refractivity contribution in [2.24, 2.45) is 5.92 Å². The summed E-state index contributed by atoms with van der Waals surface area (Å²) in [6, 6.07) is 7.97. The van der Waals surface area contributed by atoms with E-state index in [9.17, 15) is 4.79 Å². The lowest BCUT2D eigenvalue weighted by atomic mass is 10.2. The van der Waals surface area contributed by atoms with Crippen LogP contribution in [0.2, 0.25) is 5.15 Å². The van der Waals surface area contributed by atoms with Gasteiger partial charge in [-0.2, -0.15) is 5.10 Å². The van der Waals surface area contributed by atoms with Crippen molar-refractivity contribution in [3.05, 3.63) is 40.7 Å². The van der Waals surface area contributed by atoms with E-state index in [0.29, 0.717) is 42.0 Å². The molecule has 7 heteroatoms. The van der Waals surface area contributed by atoms with Crippen LogP contribution in [0.25, 0.3) is 0 Å². The number of hydrogen-bond acceptors (Lipinski definition) is 4. The predicted molar refractivity (Wildman–Crippen MR) is 108 cm³/mol. The van der Waals surface area contributed by atoms with Crippen LogP contribution in [0.15, 0.2) is 24.3 Å². The molecule has 2 aromatic rings. The fraction of sp³-hybridized carbons (Fsp3) is 0.500. The maximum Gasteiger partial charge on any atom is 0.259 e. The van der Waals surface area contributed by atoms with E-state index in [1.807, 2.05) is 36.1 Å². The number of hydrogen-bond donors (Lipinski definition) is 0. The Morgan fingerprint density at radius 1 is 1.22 bits per heavy atom. The summed E-state index contributed by atoms with van der Waals surface area (Å²) in [7, 11) is 1.68. The zero-order valence-electron chi connectivity index (χ0n) is 16.4. The molecule has 2 heterocycles. The molecule has 1 amide bonds. The minimum absolute atomic E-state index is 0.0350. The van der Waals surface area contributed by atoms with Gasteiger partial charge >= 0.3 is 0 Å². The van der Waals surface area contributed by atoms with Crippen LogP contribution in [0.3, 0.4) is 0 Å². The maximum atomic E-state index is 13.1. The van der Waals surface area contributed by atoms with E-state index in [-0.39, 0.29) is 5.91 Å². The van der Waals surface area contributed by atoms with Crippen molar-refractivity contribution in [3.8, 4) is 5.75 Å². The Morgan fingerprint density at radius 2 is 1.89 bits per heavy atom. The van der Waals surface area contributed by atoms with Crippen LogP contribution >= 0.6 is 11.6 Å². The molecule has 0 radical (unpaired) electrons. The summed E-state index contributed by atoms with van der Waals surface area (Å²) in [5.41, 5.74) is 2.28. The van der Waals surface area contributed by atoms with Gasteiger partial charge in [0, 0.05) is 32.7 Å². The number of anilines is 1. The Balaban J connectivity index is 1.71. The number of piperazine rings is 1. The van der Waals surface area contributed by atoms with E-state index < -0.39 is 0 Å². The summed E-state index contributed by atoms with van der Waals surface area (Å²) < 4.78 is 7.19. The van der Waals surface area contributed by atoms with Gasteiger partial charge in [-0.1, -0.05) is 37.6 Å². The van der Waals surface area contributed by atoms with Crippen molar-refractivity contribution >= 4 is 23.2 Å². The van der Waals surface area contributed by atoms with Gasteiger partial charge in [-0.05, 0) is 25.0 Å². The van der Waals surface area contributed by atoms with Gasteiger partial charge in [0.15, 0.2) is 0 Å². The molecule has 0 unspecified atom stereocenters.